The van der Waals surface area contributed by atoms with Crippen LogP contribution in [0.2, 0.25) is 0 Å². The Labute approximate surface area is 134 Å². The van der Waals surface area contributed by atoms with Gasteiger partial charge in [-0.05, 0) is 19.4 Å². The predicted molar refractivity (Wildman–Crippen MR) is 80.3 cm³/mol. The van der Waals surface area contributed by atoms with Gasteiger partial charge in [0.25, 0.3) is 0 Å². The van der Waals surface area contributed by atoms with Gasteiger partial charge in [-0.2, -0.15) is 0 Å². The Hall–Kier alpha value is -1.73. The topological polar surface area (TPSA) is 141 Å². The van der Waals surface area contributed by atoms with Gasteiger partial charge >= 0.3 is 13.6 Å². The molecule has 1 aromatic rings. The number of carbonyl (C=O) groups excluding carboxylic acids is 1. The van der Waals surface area contributed by atoms with E-state index in [2.05, 4.69) is 5.73 Å². The third-order valence-corrected chi connectivity index (χ3v) is 4.87. The van der Waals surface area contributed by atoms with Crippen molar-refractivity contribution in [2.45, 2.75) is 26.1 Å². The lowest BCUT2D eigenvalue weighted by atomic mass is 10.2. The Balaban J connectivity index is 0.000000688. The number of rotatable bonds is 7. The van der Waals surface area contributed by atoms with E-state index in [4.69, 9.17) is 28.8 Å². The molecule has 1 atom stereocenters. The predicted octanol–water partition coefficient (Wildman–Crippen LogP) is -0.116. The Morgan fingerprint density at radius 2 is 1.65 bits per heavy atom. The molecule has 0 unspecified atom stereocenters. The highest BCUT2D eigenvalue weighted by Crippen LogP contribution is 2.50. The second kappa shape index (κ2) is 10.9. The van der Waals surface area contributed by atoms with E-state index >= 15 is 0 Å². The second-order valence-corrected chi connectivity index (χ2v) is 6.64. The van der Waals surface area contributed by atoms with Gasteiger partial charge in [-0.15, -0.1) is 0 Å². The molecule has 0 fully saturated rings. The first-order valence-corrected chi connectivity index (χ1v) is 8.58. The standard InChI is InChI=1S/C12H20NO3P.C2H2O4/c1-3-15-17(14,16-4-2)12(13)10-11-8-6-5-7-9-11;3-1(4)2(5)6/h5-9,12H,3-4,10,13H2,1-2H3;(H,3,4)(H,5,6)/t12-;/m0./s1. The highest BCUT2D eigenvalue weighted by Gasteiger charge is 2.35. The van der Waals surface area contributed by atoms with Crippen molar-refractivity contribution < 1.29 is 39.1 Å². The fourth-order valence-corrected chi connectivity index (χ4v) is 3.26. The van der Waals surface area contributed by atoms with Crippen LogP contribution in [-0.2, 0) is 29.6 Å². The molecule has 23 heavy (non-hydrogen) atoms. The summed E-state index contributed by atoms with van der Waals surface area (Å²) in [5, 5.41) is 16.3. The van der Waals surface area contributed by atoms with Crippen LogP contribution < -0.4 is 10.8 Å². The maximum atomic E-state index is 12.4. The third kappa shape index (κ3) is 8.47. The third-order valence-electron chi connectivity index (χ3n) is 2.55. The van der Waals surface area contributed by atoms with Crippen LogP contribution in [0.3, 0.4) is 0 Å². The zero-order chi connectivity index (χ0) is 17.9. The normalized spacial score (nSPS) is 12.0. The summed E-state index contributed by atoms with van der Waals surface area (Å²) in [6, 6.07) is 9.83. The average Bonchev–Trinajstić information content (AvgIpc) is 2.49. The minimum atomic E-state index is -3.09. The Morgan fingerprint density at radius 3 is 2.00 bits per heavy atom. The molecule has 0 spiro atoms. The fraction of sp³-hybridized carbons (Fsp3) is 0.429. The molecule has 0 aliphatic rings. The van der Waals surface area contributed by atoms with E-state index in [1.807, 2.05) is 30.3 Å². The van der Waals surface area contributed by atoms with Gasteiger partial charge in [0.2, 0.25) is 0 Å². The molecule has 0 saturated carbocycles. The van der Waals surface area contributed by atoms with Crippen LogP contribution in [-0.4, -0.2) is 36.0 Å². The van der Waals surface area contributed by atoms with Crippen molar-refractivity contribution in [3.63, 3.8) is 0 Å². The van der Waals surface area contributed by atoms with Crippen LogP contribution in [0.1, 0.15) is 19.4 Å². The van der Waals surface area contributed by atoms with Gasteiger partial charge in [-0.1, -0.05) is 30.3 Å². The molecule has 1 rings (SSSR count). The largest absolute Gasteiger partial charge is 0.539 e. The summed E-state index contributed by atoms with van der Waals surface area (Å²) in [5.74, 6) is -4.38. The molecule has 1 aromatic carbocycles. The first kappa shape index (κ1) is 21.3. The quantitative estimate of drug-likeness (QED) is 0.517. The molecule has 0 radical (unpaired) electrons. The first-order valence-electron chi connectivity index (χ1n) is 6.96. The van der Waals surface area contributed by atoms with E-state index in [0.717, 1.165) is 5.56 Å². The summed E-state index contributed by atoms with van der Waals surface area (Å²) in [5.41, 5.74) is 5.02. The van der Waals surface area contributed by atoms with Gasteiger partial charge in [-0.3, -0.25) is 4.57 Å². The van der Waals surface area contributed by atoms with Crippen LogP contribution in [0, 0.1) is 0 Å². The number of quaternary nitrogens is 1. The Kier molecular flexibility index (Phi) is 10.1. The minimum Gasteiger partial charge on any atom is -0.539 e. The number of hydrogen-bond acceptors (Lipinski definition) is 6. The zero-order valence-electron chi connectivity index (χ0n) is 13.1. The minimum absolute atomic E-state index is 0.371. The number of carboxylic acid groups (broad SMARTS) is 2. The molecule has 0 saturated heterocycles. The van der Waals surface area contributed by atoms with Crippen LogP contribution in [0.4, 0.5) is 0 Å². The molecule has 0 aromatic heterocycles. The summed E-state index contributed by atoms with van der Waals surface area (Å²) >= 11 is 0. The highest BCUT2D eigenvalue weighted by molar-refractivity contribution is 7.54. The van der Waals surface area contributed by atoms with Crippen molar-refractivity contribution >= 4 is 19.5 Å². The van der Waals surface area contributed by atoms with Crippen LogP contribution in [0.25, 0.3) is 0 Å². The number of hydrogen-bond donors (Lipinski definition) is 2. The van der Waals surface area contributed by atoms with Crippen LogP contribution in [0.15, 0.2) is 30.3 Å². The average molecular weight is 347 g/mol. The molecule has 9 heteroatoms. The second-order valence-electron chi connectivity index (χ2n) is 4.31. The monoisotopic (exact) mass is 347 g/mol. The molecule has 0 aliphatic heterocycles. The molecule has 0 aliphatic carbocycles. The fourth-order valence-electron chi connectivity index (χ4n) is 1.61. The van der Waals surface area contributed by atoms with Crippen molar-refractivity contribution in [3.05, 3.63) is 35.9 Å². The molecular weight excluding hydrogens is 325 g/mol. The van der Waals surface area contributed by atoms with Crippen molar-refractivity contribution in [3.8, 4) is 0 Å². The highest BCUT2D eigenvalue weighted by atomic mass is 31.2. The van der Waals surface area contributed by atoms with Gasteiger partial charge < -0.3 is 29.8 Å². The lowest BCUT2D eigenvalue weighted by Crippen LogP contribution is -2.61. The van der Waals surface area contributed by atoms with E-state index in [1.165, 1.54) is 0 Å². The maximum Gasteiger partial charge on any atom is 0.387 e. The van der Waals surface area contributed by atoms with E-state index in [0.29, 0.717) is 19.6 Å². The molecule has 0 bridgehead atoms. The molecule has 0 amide bonds. The smallest absolute Gasteiger partial charge is 0.387 e. The maximum absolute atomic E-state index is 12.4. The lowest BCUT2D eigenvalue weighted by molar-refractivity contribution is -0.393. The molecule has 4 N–H and O–H groups in total. The Bertz CT molecular complexity index is 513. The first-order chi connectivity index (χ1) is 10.8. The summed E-state index contributed by atoms with van der Waals surface area (Å²) in [6.07, 6.45) is 0.595. The van der Waals surface area contributed by atoms with Crippen molar-refractivity contribution in [2.24, 2.45) is 0 Å². The van der Waals surface area contributed by atoms with Gasteiger partial charge in [0, 0.05) is 6.42 Å². The van der Waals surface area contributed by atoms with Crippen molar-refractivity contribution in [1.82, 2.24) is 0 Å². The molecular formula is C14H22NO7P. The summed E-state index contributed by atoms with van der Waals surface area (Å²) in [4.78, 5) is 18.0. The van der Waals surface area contributed by atoms with Crippen molar-refractivity contribution in [2.75, 3.05) is 13.2 Å². The van der Waals surface area contributed by atoms with Gasteiger partial charge in [0.15, 0.2) is 11.8 Å². The number of benzene rings is 1. The van der Waals surface area contributed by atoms with Crippen molar-refractivity contribution in [1.29, 1.82) is 0 Å². The van der Waals surface area contributed by atoms with Gasteiger partial charge in [0.1, 0.15) is 0 Å². The SMILES string of the molecule is CCOP(=O)(OCC)[C@H]([NH3+])Cc1ccccc1.O=C([O-])C(=O)O. The summed E-state index contributed by atoms with van der Waals surface area (Å²) < 4.78 is 23.0. The number of aliphatic carboxylic acids is 2. The van der Waals surface area contributed by atoms with E-state index in [-0.39, 0.29) is 5.78 Å². The summed E-state index contributed by atoms with van der Waals surface area (Å²) in [7, 11) is -3.09. The van der Waals surface area contributed by atoms with Crippen LogP contribution in [0.5, 0.6) is 0 Å². The number of carbonyl (C=O) groups is 2. The number of carboxylic acids is 2. The molecule has 8 nitrogen and oxygen atoms in total. The molecule has 0 heterocycles. The van der Waals surface area contributed by atoms with Gasteiger partial charge in [0.05, 0.1) is 13.2 Å². The lowest BCUT2D eigenvalue weighted by Gasteiger charge is -2.20. The van der Waals surface area contributed by atoms with E-state index in [1.54, 1.807) is 13.8 Å². The van der Waals surface area contributed by atoms with Gasteiger partial charge in [-0.25, -0.2) is 4.79 Å². The Morgan fingerprint density at radius 1 is 1.22 bits per heavy atom. The van der Waals surface area contributed by atoms with E-state index in [9.17, 15) is 4.57 Å². The molecule has 130 valence electrons. The summed E-state index contributed by atoms with van der Waals surface area (Å²) in [6.45, 7) is 4.36. The zero-order valence-corrected chi connectivity index (χ0v) is 14.0. The van der Waals surface area contributed by atoms with E-state index < -0.39 is 19.5 Å². The van der Waals surface area contributed by atoms with Crippen LogP contribution >= 0.6 is 7.60 Å².